The van der Waals surface area contributed by atoms with Crippen molar-refractivity contribution in [2.24, 2.45) is 10.8 Å². The average molecular weight is 280 g/mol. The van der Waals surface area contributed by atoms with Crippen molar-refractivity contribution in [3.05, 3.63) is 0 Å². The van der Waals surface area contributed by atoms with Gasteiger partial charge in [0.2, 0.25) is 11.8 Å². The summed E-state index contributed by atoms with van der Waals surface area (Å²) in [4.78, 5) is 26.1. The summed E-state index contributed by atoms with van der Waals surface area (Å²) in [5, 5.41) is 3.43. The van der Waals surface area contributed by atoms with E-state index in [0.717, 1.165) is 12.8 Å². The molecule has 0 aromatic carbocycles. The zero-order valence-electron chi connectivity index (χ0n) is 13.6. The second kappa shape index (κ2) is 4.83. The molecule has 0 aromatic rings. The zero-order chi connectivity index (χ0) is 15.3. The van der Waals surface area contributed by atoms with Crippen LogP contribution in [0.2, 0.25) is 0 Å². The third-order valence-corrected chi connectivity index (χ3v) is 5.88. The molecule has 0 aromatic heterocycles. The zero-order valence-corrected chi connectivity index (χ0v) is 13.6. The number of nitrogens with one attached hydrogen (secondary N) is 1. The Balaban J connectivity index is 2.06. The van der Waals surface area contributed by atoms with E-state index in [0.29, 0.717) is 12.5 Å². The number of rotatable bonds is 5. The quantitative estimate of drug-likeness (QED) is 0.786. The summed E-state index contributed by atoms with van der Waals surface area (Å²) in [7, 11) is 0. The van der Waals surface area contributed by atoms with Crippen molar-refractivity contribution in [3.8, 4) is 0 Å². The van der Waals surface area contributed by atoms with Crippen molar-refractivity contribution in [1.29, 1.82) is 0 Å². The Bertz CT molecular complexity index is 410. The fraction of sp³-hybridized carbons (Fsp3) is 0.875. The molecular weight excluding hydrogens is 252 g/mol. The van der Waals surface area contributed by atoms with Crippen LogP contribution in [0.25, 0.3) is 0 Å². The van der Waals surface area contributed by atoms with Crippen molar-refractivity contribution < 1.29 is 9.59 Å². The van der Waals surface area contributed by atoms with Crippen LogP contribution >= 0.6 is 0 Å². The molecule has 1 saturated carbocycles. The topological polar surface area (TPSA) is 49.4 Å². The number of carbonyl (C=O) groups excluding carboxylic acids is 2. The fourth-order valence-corrected chi connectivity index (χ4v) is 3.63. The first-order valence-electron chi connectivity index (χ1n) is 7.80. The van der Waals surface area contributed by atoms with Gasteiger partial charge in [0.1, 0.15) is 0 Å². The normalized spacial score (nSPS) is 28.6. The maximum Gasteiger partial charge on any atom is 0.247 e. The van der Waals surface area contributed by atoms with Crippen molar-refractivity contribution in [2.45, 2.75) is 78.9 Å². The van der Waals surface area contributed by atoms with Gasteiger partial charge in [-0.25, -0.2) is 0 Å². The highest BCUT2D eigenvalue weighted by molar-refractivity contribution is 6.05. The van der Waals surface area contributed by atoms with E-state index in [1.807, 2.05) is 13.8 Å². The Morgan fingerprint density at radius 3 is 2.05 bits per heavy atom. The smallest absolute Gasteiger partial charge is 0.247 e. The van der Waals surface area contributed by atoms with Gasteiger partial charge in [0.05, 0.1) is 12.5 Å². The van der Waals surface area contributed by atoms with Crippen LogP contribution in [0.4, 0.5) is 0 Å². The van der Waals surface area contributed by atoms with E-state index in [2.05, 4.69) is 33.0 Å². The predicted octanol–water partition coefficient (Wildman–Crippen LogP) is 2.33. The third-order valence-electron chi connectivity index (χ3n) is 5.88. The first-order valence-corrected chi connectivity index (χ1v) is 7.80. The molecule has 4 nitrogen and oxygen atoms in total. The Hall–Kier alpha value is -0.900. The molecule has 114 valence electrons. The minimum Gasteiger partial charge on any atom is -0.302 e. The summed E-state index contributed by atoms with van der Waals surface area (Å²) in [6, 6.07) is 0.0366. The number of nitrogens with zero attached hydrogens (tertiary/aromatic N) is 1. The number of hydrogen-bond donors (Lipinski definition) is 1. The molecule has 2 aliphatic rings. The minimum absolute atomic E-state index is 0.0162. The number of imide groups is 1. The summed E-state index contributed by atoms with van der Waals surface area (Å²) in [6.45, 7) is 12.9. The second-order valence-electron chi connectivity index (χ2n) is 7.37. The highest BCUT2D eigenvalue weighted by atomic mass is 16.2. The number of amides is 2. The molecule has 1 atom stereocenters. The van der Waals surface area contributed by atoms with Crippen molar-refractivity contribution in [2.75, 3.05) is 0 Å². The molecule has 20 heavy (non-hydrogen) atoms. The Morgan fingerprint density at radius 1 is 1.15 bits per heavy atom. The van der Waals surface area contributed by atoms with Crippen LogP contribution in [0.1, 0.15) is 60.8 Å². The molecule has 1 N–H and O–H groups in total. The Kier molecular flexibility index (Phi) is 3.74. The van der Waals surface area contributed by atoms with Gasteiger partial charge < -0.3 is 5.32 Å². The van der Waals surface area contributed by atoms with Crippen LogP contribution < -0.4 is 5.32 Å². The molecule has 1 aliphatic heterocycles. The third kappa shape index (κ3) is 2.09. The standard InChI is InChI=1S/C16H28N2O2/c1-7-10(8-2)18-12(19)9-11(13(18)20)17-14-15(3,4)16(14,5)6/h10-11,14,17H,7-9H2,1-6H3. The van der Waals surface area contributed by atoms with Gasteiger partial charge in [0, 0.05) is 12.1 Å². The van der Waals surface area contributed by atoms with Gasteiger partial charge in [-0.15, -0.1) is 0 Å². The molecule has 2 rings (SSSR count). The molecule has 0 radical (unpaired) electrons. The lowest BCUT2D eigenvalue weighted by atomic mass is 10.0. The lowest BCUT2D eigenvalue weighted by Crippen LogP contribution is -2.45. The summed E-state index contributed by atoms with van der Waals surface area (Å²) in [6.07, 6.45) is 1.99. The van der Waals surface area contributed by atoms with Crippen LogP contribution in [0.3, 0.4) is 0 Å². The van der Waals surface area contributed by atoms with Crippen molar-refractivity contribution in [3.63, 3.8) is 0 Å². The summed E-state index contributed by atoms with van der Waals surface area (Å²) < 4.78 is 0. The molecular formula is C16H28N2O2. The molecule has 0 spiro atoms. The predicted molar refractivity (Wildman–Crippen MR) is 79.1 cm³/mol. The minimum atomic E-state index is -0.325. The first kappa shape index (κ1) is 15.5. The lowest BCUT2D eigenvalue weighted by molar-refractivity contribution is -0.141. The summed E-state index contributed by atoms with van der Waals surface area (Å²) in [5.41, 5.74) is 0.358. The van der Waals surface area contributed by atoms with E-state index in [4.69, 9.17) is 0 Å². The van der Waals surface area contributed by atoms with Crippen LogP contribution in [0.5, 0.6) is 0 Å². The molecule has 1 unspecified atom stereocenters. The van der Waals surface area contributed by atoms with Gasteiger partial charge in [0.15, 0.2) is 0 Å². The maximum atomic E-state index is 12.5. The average Bonchev–Trinajstić information content (AvgIpc) is 2.62. The maximum absolute atomic E-state index is 12.5. The Labute approximate surface area is 122 Å². The molecule has 1 aliphatic carbocycles. The molecule has 4 heteroatoms. The highest BCUT2D eigenvalue weighted by Crippen LogP contribution is 2.62. The van der Waals surface area contributed by atoms with Gasteiger partial charge in [-0.2, -0.15) is 0 Å². The van der Waals surface area contributed by atoms with Crippen LogP contribution in [0, 0.1) is 10.8 Å². The van der Waals surface area contributed by atoms with Crippen molar-refractivity contribution in [1.82, 2.24) is 10.2 Å². The van der Waals surface area contributed by atoms with Crippen molar-refractivity contribution >= 4 is 11.8 Å². The van der Waals surface area contributed by atoms with Crippen LogP contribution in [0.15, 0.2) is 0 Å². The van der Waals surface area contributed by atoms with Crippen LogP contribution in [-0.4, -0.2) is 34.8 Å². The number of carbonyl (C=O) groups is 2. The first-order chi connectivity index (χ1) is 9.18. The monoisotopic (exact) mass is 280 g/mol. The second-order valence-corrected chi connectivity index (χ2v) is 7.37. The number of hydrogen-bond acceptors (Lipinski definition) is 3. The molecule has 0 bridgehead atoms. The SMILES string of the molecule is CCC(CC)N1C(=O)CC(NC2C(C)(C)C2(C)C)C1=O. The highest BCUT2D eigenvalue weighted by Gasteiger charge is 2.65. The molecule has 1 heterocycles. The molecule has 2 fully saturated rings. The van der Waals surface area contributed by atoms with Gasteiger partial charge in [0.25, 0.3) is 0 Å². The van der Waals surface area contributed by atoms with E-state index < -0.39 is 0 Å². The van der Waals surface area contributed by atoms with Gasteiger partial charge in [-0.3, -0.25) is 14.5 Å². The van der Waals surface area contributed by atoms with Gasteiger partial charge >= 0.3 is 0 Å². The van der Waals surface area contributed by atoms with Gasteiger partial charge in [-0.1, -0.05) is 41.5 Å². The fourth-order valence-electron chi connectivity index (χ4n) is 3.63. The number of likely N-dealkylation sites (tertiary alicyclic amines) is 1. The largest absolute Gasteiger partial charge is 0.302 e. The van der Waals surface area contributed by atoms with E-state index >= 15 is 0 Å². The molecule has 1 saturated heterocycles. The Morgan fingerprint density at radius 2 is 1.65 bits per heavy atom. The van der Waals surface area contributed by atoms with E-state index in [1.165, 1.54) is 4.90 Å². The lowest BCUT2D eigenvalue weighted by Gasteiger charge is -2.24. The molecule has 2 amide bonds. The van der Waals surface area contributed by atoms with E-state index in [9.17, 15) is 9.59 Å². The summed E-state index contributed by atoms with van der Waals surface area (Å²) in [5.74, 6) is -0.0420. The van der Waals surface area contributed by atoms with E-state index in [-0.39, 0.29) is 34.7 Å². The van der Waals surface area contributed by atoms with E-state index in [1.54, 1.807) is 0 Å². The van der Waals surface area contributed by atoms with Crippen LogP contribution in [-0.2, 0) is 9.59 Å². The van der Waals surface area contributed by atoms with Gasteiger partial charge in [-0.05, 0) is 23.7 Å². The summed E-state index contributed by atoms with van der Waals surface area (Å²) >= 11 is 0.